The summed E-state index contributed by atoms with van der Waals surface area (Å²) in [6.45, 7) is 6.19. The number of benzene rings is 2. The summed E-state index contributed by atoms with van der Waals surface area (Å²) in [4.78, 5) is 0. The van der Waals surface area contributed by atoms with Crippen molar-refractivity contribution in [2.45, 2.75) is 32.9 Å². The van der Waals surface area contributed by atoms with Gasteiger partial charge in [0.25, 0.3) is 0 Å². The highest BCUT2D eigenvalue weighted by Crippen LogP contribution is 2.28. The van der Waals surface area contributed by atoms with Crippen molar-refractivity contribution in [2.24, 2.45) is 0 Å². The molecule has 0 spiro atoms. The first-order valence-corrected chi connectivity index (χ1v) is 8.00. The molecule has 0 heterocycles. The zero-order valence-corrected chi connectivity index (χ0v) is 14.6. The van der Waals surface area contributed by atoms with Crippen molar-refractivity contribution in [3.05, 3.63) is 63.6 Å². The van der Waals surface area contributed by atoms with Gasteiger partial charge in [-0.25, -0.2) is 0 Å². The van der Waals surface area contributed by atoms with Crippen LogP contribution in [0.4, 0.5) is 0 Å². The number of nitrogens with one attached hydrogen (secondary N) is 1. The number of hydrogen-bond donors (Lipinski definition) is 1. The lowest BCUT2D eigenvalue weighted by Crippen LogP contribution is -2.18. The van der Waals surface area contributed by atoms with Crippen LogP contribution in [-0.4, -0.2) is 13.2 Å². The van der Waals surface area contributed by atoms with E-state index in [-0.39, 0.29) is 12.1 Å². The molecule has 0 amide bonds. The lowest BCUT2D eigenvalue weighted by Gasteiger charge is -2.19. The molecular weight excluding hydrogens is 326 g/mol. The van der Waals surface area contributed by atoms with Crippen LogP contribution in [0.3, 0.4) is 0 Å². The van der Waals surface area contributed by atoms with Gasteiger partial charge in [0.2, 0.25) is 0 Å². The second kappa shape index (κ2) is 7.10. The van der Waals surface area contributed by atoms with E-state index < -0.39 is 0 Å². The summed E-state index contributed by atoms with van der Waals surface area (Å²) in [6.07, 6.45) is 0.182. The topological polar surface area (TPSA) is 21.3 Å². The molecular formula is C18H22BrNO. The first-order valence-electron chi connectivity index (χ1n) is 7.20. The number of rotatable bonds is 5. The third-order valence-electron chi connectivity index (χ3n) is 3.25. The normalized spacial score (nSPS) is 12.5. The Hall–Kier alpha value is -1.32. The van der Waals surface area contributed by atoms with Crippen molar-refractivity contribution < 1.29 is 4.74 Å². The van der Waals surface area contributed by atoms with Gasteiger partial charge in [0.15, 0.2) is 0 Å². The fraction of sp³-hybridized carbons (Fsp3) is 0.333. The molecule has 2 aromatic carbocycles. The molecule has 0 aliphatic rings. The molecule has 0 bridgehead atoms. The second-order valence-electron chi connectivity index (χ2n) is 5.52. The monoisotopic (exact) mass is 347 g/mol. The molecule has 0 aliphatic heterocycles. The van der Waals surface area contributed by atoms with Crippen molar-refractivity contribution in [2.75, 3.05) is 7.05 Å². The molecule has 0 aromatic heterocycles. The smallest absolute Gasteiger partial charge is 0.120 e. The van der Waals surface area contributed by atoms with E-state index >= 15 is 0 Å². The van der Waals surface area contributed by atoms with Crippen LogP contribution in [0.1, 0.15) is 36.6 Å². The maximum absolute atomic E-state index is 5.80. The minimum Gasteiger partial charge on any atom is -0.491 e. The van der Waals surface area contributed by atoms with Gasteiger partial charge in [-0.15, -0.1) is 0 Å². The Labute approximate surface area is 135 Å². The zero-order valence-electron chi connectivity index (χ0n) is 13.0. The Morgan fingerprint density at radius 2 is 1.81 bits per heavy atom. The van der Waals surface area contributed by atoms with E-state index in [0.29, 0.717) is 0 Å². The molecule has 112 valence electrons. The molecule has 0 saturated carbocycles. The van der Waals surface area contributed by atoms with E-state index in [9.17, 15) is 0 Å². The fourth-order valence-corrected chi connectivity index (χ4v) is 3.12. The van der Waals surface area contributed by atoms with Crippen LogP contribution >= 0.6 is 15.9 Å². The van der Waals surface area contributed by atoms with Crippen LogP contribution in [0, 0.1) is 6.92 Å². The fourth-order valence-electron chi connectivity index (χ4n) is 2.50. The van der Waals surface area contributed by atoms with Gasteiger partial charge in [0.1, 0.15) is 5.75 Å². The van der Waals surface area contributed by atoms with Gasteiger partial charge in [-0.2, -0.15) is 0 Å². The summed E-state index contributed by atoms with van der Waals surface area (Å²) >= 11 is 3.58. The van der Waals surface area contributed by atoms with Crippen molar-refractivity contribution in [1.29, 1.82) is 0 Å². The predicted octanol–water partition coefficient (Wildman–Crippen LogP) is 4.85. The summed E-state index contributed by atoms with van der Waals surface area (Å²) in [5.74, 6) is 0.912. The second-order valence-corrected chi connectivity index (χ2v) is 6.44. The predicted molar refractivity (Wildman–Crippen MR) is 92.0 cm³/mol. The maximum Gasteiger partial charge on any atom is 0.120 e. The van der Waals surface area contributed by atoms with Crippen LogP contribution < -0.4 is 10.1 Å². The third-order valence-corrected chi connectivity index (χ3v) is 3.71. The first-order chi connectivity index (χ1) is 9.99. The van der Waals surface area contributed by atoms with Crippen molar-refractivity contribution in [3.63, 3.8) is 0 Å². The lowest BCUT2D eigenvalue weighted by atomic mass is 9.97. The average molecular weight is 348 g/mol. The van der Waals surface area contributed by atoms with Crippen molar-refractivity contribution in [3.8, 4) is 5.75 Å². The summed E-state index contributed by atoms with van der Waals surface area (Å²) in [7, 11) is 1.98. The van der Waals surface area contributed by atoms with E-state index in [1.54, 1.807) is 0 Å². The third kappa shape index (κ3) is 4.32. The Balaban J connectivity index is 2.36. The molecule has 21 heavy (non-hydrogen) atoms. The first kappa shape index (κ1) is 16.1. The van der Waals surface area contributed by atoms with Crippen LogP contribution in [0.5, 0.6) is 5.75 Å². The number of hydrogen-bond acceptors (Lipinski definition) is 2. The molecule has 0 radical (unpaired) electrons. The molecule has 0 aliphatic carbocycles. The van der Waals surface area contributed by atoms with E-state index in [4.69, 9.17) is 4.74 Å². The lowest BCUT2D eigenvalue weighted by molar-refractivity contribution is 0.242. The maximum atomic E-state index is 5.80. The highest BCUT2D eigenvalue weighted by molar-refractivity contribution is 9.10. The summed E-state index contributed by atoms with van der Waals surface area (Å²) in [5, 5.41) is 3.39. The molecule has 1 atom stereocenters. The van der Waals surface area contributed by atoms with Crippen LogP contribution in [0.15, 0.2) is 46.9 Å². The highest BCUT2D eigenvalue weighted by Gasteiger charge is 2.14. The molecule has 1 N–H and O–H groups in total. The minimum absolute atomic E-state index is 0.150. The highest BCUT2D eigenvalue weighted by atomic mass is 79.9. The standard InChI is InChI=1S/C18H22BrNO/c1-12(2)21-17-7-5-6-14(11-17)18(20-4)15-8-13(3)9-16(19)10-15/h5-12,18,20H,1-4H3. The Kier molecular flexibility index (Phi) is 5.43. The number of aryl methyl sites for hydroxylation is 1. The molecule has 0 fully saturated rings. The van der Waals surface area contributed by atoms with Crippen molar-refractivity contribution in [1.82, 2.24) is 5.32 Å². The van der Waals surface area contributed by atoms with Gasteiger partial charge in [0, 0.05) is 4.47 Å². The van der Waals surface area contributed by atoms with Crippen LogP contribution in [0.2, 0.25) is 0 Å². The van der Waals surface area contributed by atoms with Gasteiger partial charge >= 0.3 is 0 Å². The Morgan fingerprint density at radius 3 is 2.43 bits per heavy atom. The zero-order chi connectivity index (χ0) is 15.4. The van der Waals surface area contributed by atoms with Crippen molar-refractivity contribution >= 4 is 15.9 Å². The summed E-state index contributed by atoms with van der Waals surface area (Å²) in [5.41, 5.74) is 3.69. The largest absolute Gasteiger partial charge is 0.491 e. The number of halogens is 1. The molecule has 1 unspecified atom stereocenters. The average Bonchev–Trinajstić information content (AvgIpc) is 2.38. The van der Waals surface area contributed by atoms with Gasteiger partial charge in [-0.3, -0.25) is 0 Å². The summed E-state index contributed by atoms with van der Waals surface area (Å²) < 4.78 is 6.90. The summed E-state index contributed by atoms with van der Waals surface area (Å²) in [6, 6.07) is 14.9. The van der Waals surface area contributed by atoms with E-state index in [0.717, 1.165) is 10.2 Å². The van der Waals surface area contributed by atoms with Gasteiger partial charge in [-0.1, -0.05) is 34.1 Å². The quantitative estimate of drug-likeness (QED) is 0.834. The number of ether oxygens (including phenoxy) is 1. The molecule has 3 heteroatoms. The van der Waals surface area contributed by atoms with E-state index in [1.807, 2.05) is 33.0 Å². The Bertz CT molecular complexity index is 590. The van der Waals surface area contributed by atoms with E-state index in [1.165, 1.54) is 16.7 Å². The van der Waals surface area contributed by atoms with Gasteiger partial charge < -0.3 is 10.1 Å². The SMILES string of the molecule is CNC(c1cc(C)cc(Br)c1)c1cccc(OC(C)C)c1. The Morgan fingerprint density at radius 1 is 1.05 bits per heavy atom. The molecule has 2 aromatic rings. The molecule has 0 saturated heterocycles. The van der Waals surface area contributed by atoms with Crippen LogP contribution in [-0.2, 0) is 0 Å². The van der Waals surface area contributed by atoms with Crippen LogP contribution in [0.25, 0.3) is 0 Å². The molecule has 2 nitrogen and oxygen atoms in total. The van der Waals surface area contributed by atoms with Gasteiger partial charge in [0.05, 0.1) is 12.1 Å². The molecule has 2 rings (SSSR count). The minimum atomic E-state index is 0.150. The van der Waals surface area contributed by atoms with Gasteiger partial charge in [-0.05, 0) is 68.8 Å². The van der Waals surface area contributed by atoms with E-state index in [2.05, 4.69) is 58.5 Å².